The Morgan fingerprint density at radius 3 is 2.88 bits per heavy atom. The second-order valence-corrected chi connectivity index (χ2v) is 6.99. The minimum Gasteiger partial charge on any atom is -0.337 e. The topological polar surface area (TPSA) is 38.1 Å². The number of aromatic nitrogens is 2. The summed E-state index contributed by atoms with van der Waals surface area (Å²) >= 11 is 0. The van der Waals surface area contributed by atoms with E-state index in [1.54, 1.807) is 23.0 Å². The van der Waals surface area contributed by atoms with Gasteiger partial charge in [-0.2, -0.15) is 5.10 Å². The number of halogens is 2. The molecule has 26 heavy (non-hydrogen) atoms. The number of nitrogens with zero attached hydrogens (tertiary/aromatic N) is 3. The van der Waals surface area contributed by atoms with Gasteiger partial charge >= 0.3 is 0 Å². The van der Waals surface area contributed by atoms with Gasteiger partial charge in [0.25, 0.3) is 5.91 Å². The van der Waals surface area contributed by atoms with Gasteiger partial charge in [0.15, 0.2) is 11.6 Å². The van der Waals surface area contributed by atoms with Gasteiger partial charge in [-0.25, -0.2) is 8.78 Å². The molecule has 3 rings (SSSR count). The van der Waals surface area contributed by atoms with E-state index in [4.69, 9.17) is 0 Å². The standard InChI is InChI=1S/C20H25F2N3O/c1-2-11-25-19(9-10-23-25)20(26)24-12-3-4-16(14-24)6-5-15-7-8-17(21)18(22)13-15/h7-10,13,16H,2-6,11-12,14H2,1H3/t16-/m1/s1. The van der Waals surface area contributed by atoms with Crippen molar-refractivity contribution in [3.63, 3.8) is 0 Å². The van der Waals surface area contributed by atoms with Crippen molar-refractivity contribution in [1.82, 2.24) is 14.7 Å². The number of hydrogen-bond acceptors (Lipinski definition) is 2. The van der Waals surface area contributed by atoms with Crippen LogP contribution in [0.25, 0.3) is 0 Å². The Bertz CT molecular complexity index is 759. The maximum absolute atomic E-state index is 13.3. The number of piperidine rings is 1. The average molecular weight is 361 g/mol. The molecule has 0 aliphatic carbocycles. The van der Waals surface area contributed by atoms with E-state index in [0.717, 1.165) is 44.3 Å². The van der Waals surface area contributed by atoms with Crippen molar-refractivity contribution in [3.05, 3.63) is 53.4 Å². The first-order valence-corrected chi connectivity index (χ1v) is 9.33. The summed E-state index contributed by atoms with van der Waals surface area (Å²) in [6.45, 7) is 4.27. The molecule has 0 spiro atoms. The van der Waals surface area contributed by atoms with Crippen molar-refractivity contribution in [2.75, 3.05) is 13.1 Å². The van der Waals surface area contributed by atoms with E-state index in [0.29, 0.717) is 24.6 Å². The van der Waals surface area contributed by atoms with Crippen molar-refractivity contribution in [3.8, 4) is 0 Å². The number of rotatable bonds is 6. The average Bonchev–Trinajstić information content (AvgIpc) is 3.11. The fourth-order valence-electron chi connectivity index (χ4n) is 3.62. The van der Waals surface area contributed by atoms with Gasteiger partial charge in [0.1, 0.15) is 5.69 Å². The first-order chi connectivity index (χ1) is 12.6. The zero-order chi connectivity index (χ0) is 18.5. The summed E-state index contributed by atoms with van der Waals surface area (Å²) in [6, 6.07) is 5.86. The van der Waals surface area contributed by atoms with E-state index in [1.165, 1.54) is 12.1 Å². The van der Waals surface area contributed by atoms with Crippen LogP contribution in [-0.2, 0) is 13.0 Å². The van der Waals surface area contributed by atoms with Crippen LogP contribution in [0.3, 0.4) is 0 Å². The molecule has 6 heteroatoms. The first-order valence-electron chi connectivity index (χ1n) is 9.33. The third-order valence-corrected chi connectivity index (χ3v) is 5.00. The van der Waals surface area contributed by atoms with E-state index in [1.807, 2.05) is 4.90 Å². The maximum atomic E-state index is 13.3. The molecule has 1 aromatic carbocycles. The second kappa shape index (κ2) is 8.43. The van der Waals surface area contributed by atoms with Gasteiger partial charge in [-0.05, 0) is 61.8 Å². The molecule has 1 aliphatic rings. The van der Waals surface area contributed by atoms with Crippen LogP contribution < -0.4 is 0 Å². The van der Waals surface area contributed by atoms with E-state index in [9.17, 15) is 13.6 Å². The third kappa shape index (κ3) is 4.29. The molecule has 1 saturated heterocycles. The zero-order valence-electron chi connectivity index (χ0n) is 15.1. The highest BCUT2D eigenvalue weighted by molar-refractivity contribution is 5.92. The van der Waals surface area contributed by atoms with Crippen LogP contribution >= 0.6 is 0 Å². The largest absolute Gasteiger partial charge is 0.337 e. The molecule has 0 radical (unpaired) electrons. The van der Waals surface area contributed by atoms with Crippen LogP contribution in [-0.4, -0.2) is 33.7 Å². The Morgan fingerprint density at radius 2 is 2.12 bits per heavy atom. The Labute approximate surface area is 152 Å². The van der Waals surface area contributed by atoms with Crippen LogP contribution in [0.5, 0.6) is 0 Å². The first kappa shape index (κ1) is 18.5. The summed E-state index contributed by atoms with van der Waals surface area (Å²) in [4.78, 5) is 14.7. The number of amides is 1. The van der Waals surface area contributed by atoms with E-state index >= 15 is 0 Å². The molecule has 0 bridgehead atoms. The SMILES string of the molecule is CCCn1nccc1C(=O)N1CCC[C@H](CCc2ccc(F)c(F)c2)C1. The van der Waals surface area contributed by atoms with Gasteiger partial charge in [-0.15, -0.1) is 0 Å². The lowest BCUT2D eigenvalue weighted by molar-refractivity contribution is 0.0655. The lowest BCUT2D eigenvalue weighted by atomic mass is 9.91. The molecule has 4 nitrogen and oxygen atoms in total. The quantitative estimate of drug-likeness (QED) is 0.778. The molecule has 0 saturated carbocycles. The van der Waals surface area contributed by atoms with Gasteiger partial charge in [0.05, 0.1) is 0 Å². The summed E-state index contributed by atoms with van der Waals surface area (Å²) in [5.74, 6) is -1.20. The summed E-state index contributed by atoms with van der Waals surface area (Å²) in [7, 11) is 0. The van der Waals surface area contributed by atoms with Crippen molar-refractivity contribution < 1.29 is 13.6 Å². The van der Waals surface area contributed by atoms with Gasteiger partial charge in [-0.3, -0.25) is 9.48 Å². The highest BCUT2D eigenvalue weighted by Crippen LogP contribution is 2.23. The van der Waals surface area contributed by atoms with Crippen molar-refractivity contribution >= 4 is 5.91 Å². The molecule has 0 N–H and O–H groups in total. The van der Waals surface area contributed by atoms with Crippen molar-refractivity contribution in [1.29, 1.82) is 0 Å². The minimum atomic E-state index is -0.813. The van der Waals surface area contributed by atoms with E-state index < -0.39 is 11.6 Å². The predicted molar refractivity (Wildman–Crippen MR) is 95.8 cm³/mol. The van der Waals surface area contributed by atoms with Gasteiger partial charge in [0, 0.05) is 25.8 Å². The lowest BCUT2D eigenvalue weighted by Gasteiger charge is -2.33. The fourth-order valence-corrected chi connectivity index (χ4v) is 3.62. The summed E-state index contributed by atoms with van der Waals surface area (Å²) in [6.07, 6.45) is 6.19. The Morgan fingerprint density at radius 1 is 1.27 bits per heavy atom. The minimum absolute atomic E-state index is 0.0356. The van der Waals surface area contributed by atoms with Crippen LogP contribution in [0.4, 0.5) is 8.78 Å². The third-order valence-electron chi connectivity index (χ3n) is 5.00. The zero-order valence-corrected chi connectivity index (χ0v) is 15.1. The Kier molecular flexibility index (Phi) is 6.01. The molecule has 1 fully saturated rings. The summed E-state index contributed by atoms with van der Waals surface area (Å²) in [5, 5.41) is 4.24. The molecule has 1 aromatic heterocycles. The molecule has 140 valence electrons. The molecule has 0 unspecified atom stereocenters. The van der Waals surface area contributed by atoms with E-state index in [-0.39, 0.29) is 5.91 Å². The normalized spacial score (nSPS) is 17.5. The van der Waals surface area contributed by atoms with Crippen molar-refractivity contribution in [2.24, 2.45) is 5.92 Å². The molecular formula is C20H25F2N3O. The highest BCUT2D eigenvalue weighted by Gasteiger charge is 2.26. The number of carbonyl (C=O) groups excluding carboxylic acids is 1. The number of carbonyl (C=O) groups is 1. The smallest absolute Gasteiger partial charge is 0.272 e. The van der Waals surface area contributed by atoms with Crippen LogP contribution in [0.1, 0.15) is 48.7 Å². The number of benzene rings is 1. The van der Waals surface area contributed by atoms with Crippen LogP contribution in [0.15, 0.2) is 30.5 Å². The fraction of sp³-hybridized carbons (Fsp3) is 0.500. The monoisotopic (exact) mass is 361 g/mol. The molecule has 2 aromatic rings. The highest BCUT2D eigenvalue weighted by atomic mass is 19.2. The van der Waals surface area contributed by atoms with E-state index in [2.05, 4.69) is 12.0 Å². The Balaban J connectivity index is 1.59. The molecule has 1 aliphatic heterocycles. The van der Waals surface area contributed by atoms with Gasteiger partial charge in [0.2, 0.25) is 0 Å². The van der Waals surface area contributed by atoms with Crippen LogP contribution in [0.2, 0.25) is 0 Å². The van der Waals surface area contributed by atoms with Gasteiger partial charge < -0.3 is 4.90 Å². The van der Waals surface area contributed by atoms with Crippen LogP contribution in [0, 0.1) is 17.6 Å². The van der Waals surface area contributed by atoms with Gasteiger partial charge in [-0.1, -0.05) is 13.0 Å². The summed E-state index contributed by atoms with van der Waals surface area (Å²) < 4.78 is 28.1. The molecule has 2 heterocycles. The number of likely N-dealkylation sites (tertiary alicyclic amines) is 1. The molecule has 1 amide bonds. The maximum Gasteiger partial charge on any atom is 0.272 e. The predicted octanol–water partition coefficient (Wildman–Crippen LogP) is 4.06. The lowest BCUT2D eigenvalue weighted by Crippen LogP contribution is -2.41. The molecule has 1 atom stereocenters. The Hall–Kier alpha value is -2.24. The van der Waals surface area contributed by atoms with Crippen molar-refractivity contribution in [2.45, 2.75) is 45.6 Å². The second-order valence-electron chi connectivity index (χ2n) is 6.99. The summed E-state index contributed by atoms with van der Waals surface area (Å²) in [5.41, 5.74) is 1.45. The number of aryl methyl sites for hydroxylation is 2. The molecular weight excluding hydrogens is 336 g/mol. The number of hydrogen-bond donors (Lipinski definition) is 0.